The van der Waals surface area contributed by atoms with Gasteiger partial charge in [-0.2, -0.15) is 5.10 Å². The van der Waals surface area contributed by atoms with Crippen LogP contribution in [0.5, 0.6) is 0 Å². The summed E-state index contributed by atoms with van der Waals surface area (Å²) in [6.45, 7) is 3.74. The number of aromatic nitrogens is 3. The van der Waals surface area contributed by atoms with Crippen molar-refractivity contribution in [3.8, 4) is 0 Å². The number of pyridine rings is 1. The molecule has 3 aromatic rings. The van der Waals surface area contributed by atoms with Crippen molar-refractivity contribution in [2.45, 2.75) is 0 Å². The highest BCUT2D eigenvalue weighted by molar-refractivity contribution is 6.34. The number of amides is 1. The molecule has 0 bridgehead atoms. The van der Waals surface area contributed by atoms with E-state index >= 15 is 0 Å². The van der Waals surface area contributed by atoms with Crippen LogP contribution in [0.25, 0.3) is 28.6 Å². The van der Waals surface area contributed by atoms with E-state index in [0.717, 1.165) is 27.7 Å². The predicted octanol–water partition coefficient (Wildman–Crippen LogP) is 3.09. The van der Waals surface area contributed by atoms with Crippen LogP contribution in [0.1, 0.15) is 16.8 Å². The second kappa shape index (κ2) is 4.66. The number of carbonyl (C=O) groups excluding carboxylic acids is 1. The van der Waals surface area contributed by atoms with Crippen molar-refractivity contribution in [2.24, 2.45) is 0 Å². The molecule has 1 aliphatic rings. The number of nitrogens with zero attached hydrogens (tertiary/aromatic N) is 2. The van der Waals surface area contributed by atoms with Gasteiger partial charge in [0.05, 0.1) is 16.8 Å². The zero-order chi connectivity index (χ0) is 15.1. The smallest absolute Gasteiger partial charge is 0.257 e. The number of fused-ring (bicyclic) bond motifs is 2. The molecule has 0 spiro atoms. The maximum absolute atomic E-state index is 12.1. The number of aromatic amines is 1. The standard InChI is InChI=1S/C17H12N4O/c1-2-14-12-6-5-10(9-15(12)21-20-14)8-13-11-4-3-7-18-16(11)19-17(13)22/h2-9H,1H2,(H,20,21)(H,18,19,22). The van der Waals surface area contributed by atoms with Crippen LogP contribution in [-0.2, 0) is 4.79 Å². The number of benzene rings is 1. The fraction of sp³-hybridized carbons (Fsp3) is 0. The molecule has 0 saturated heterocycles. The number of rotatable bonds is 2. The number of hydrogen-bond donors (Lipinski definition) is 2. The molecular formula is C17H12N4O. The van der Waals surface area contributed by atoms with Crippen LogP contribution in [0.15, 0.2) is 43.1 Å². The number of hydrogen-bond acceptors (Lipinski definition) is 3. The maximum atomic E-state index is 12.1. The van der Waals surface area contributed by atoms with E-state index in [1.165, 1.54) is 0 Å². The van der Waals surface area contributed by atoms with E-state index in [9.17, 15) is 4.79 Å². The lowest BCUT2D eigenvalue weighted by molar-refractivity contribution is -0.110. The minimum absolute atomic E-state index is 0.134. The molecule has 4 rings (SSSR count). The molecule has 2 N–H and O–H groups in total. The first kappa shape index (κ1) is 12.5. The summed E-state index contributed by atoms with van der Waals surface area (Å²) in [4.78, 5) is 16.3. The molecule has 0 fully saturated rings. The molecule has 0 radical (unpaired) electrons. The Labute approximate surface area is 126 Å². The fourth-order valence-electron chi connectivity index (χ4n) is 2.63. The molecule has 1 aromatic carbocycles. The number of anilines is 1. The summed E-state index contributed by atoms with van der Waals surface area (Å²) in [5.41, 5.74) is 4.10. The Kier molecular flexibility index (Phi) is 2.66. The van der Waals surface area contributed by atoms with Crippen molar-refractivity contribution >= 4 is 40.4 Å². The van der Waals surface area contributed by atoms with Crippen LogP contribution < -0.4 is 5.32 Å². The van der Waals surface area contributed by atoms with Crippen LogP contribution in [0.4, 0.5) is 5.82 Å². The van der Waals surface area contributed by atoms with E-state index in [1.807, 2.05) is 36.4 Å². The molecule has 1 amide bonds. The van der Waals surface area contributed by atoms with Gasteiger partial charge >= 0.3 is 0 Å². The van der Waals surface area contributed by atoms with Gasteiger partial charge in [-0.15, -0.1) is 0 Å². The summed E-state index contributed by atoms with van der Waals surface area (Å²) in [6, 6.07) is 9.60. The molecule has 5 heteroatoms. The Morgan fingerprint density at radius 3 is 3.00 bits per heavy atom. The lowest BCUT2D eigenvalue weighted by atomic mass is 10.0. The Morgan fingerprint density at radius 2 is 2.14 bits per heavy atom. The van der Waals surface area contributed by atoms with Gasteiger partial charge < -0.3 is 5.32 Å². The third-order valence-electron chi connectivity index (χ3n) is 3.70. The normalized spacial score (nSPS) is 15.1. The Morgan fingerprint density at radius 1 is 1.23 bits per heavy atom. The van der Waals surface area contributed by atoms with Crippen molar-refractivity contribution in [1.82, 2.24) is 15.2 Å². The zero-order valence-electron chi connectivity index (χ0n) is 11.6. The first-order valence-corrected chi connectivity index (χ1v) is 6.85. The van der Waals surface area contributed by atoms with E-state index in [2.05, 4.69) is 27.1 Å². The summed E-state index contributed by atoms with van der Waals surface area (Å²) >= 11 is 0. The van der Waals surface area contributed by atoms with Gasteiger partial charge in [-0.25, -0.2) is 4.98 Å². The van der Waals surface area contributed by atoms with Gasteiger partial charge in [-0.05, 0) is 42.0 Å². The highest BCUT2D eigenvalue weighted by Crippen LogP contribution is 2.31. The van der Waals surface area contributed by atoms with Crippen molar-refractivity contribution < 1.29 is 4.79 Å². The van der Waals surface area contributed by atoms with E-state index in [0.29, 0.717) is 11.4 Å². The molecular weight excluding hydrogens is 276 g/mol. The average molecular weight is 288 g/mol. The number of H-pyrrole nitrogens is 1. The first-order valence-electron chi connectivity index (χ1n) is 6.85. The highest BCUT2D eigenvalue weighted by atomic mass is 16.2. The first-order chi connectivity index (χ1) is 10.8. The zero-order valence-corrected chi connectivity index (χ0v) is 11.6. The van der Waals surface area contributed by atoms with Gasteiger partial charge in [0.15, 0.2) is 0 Å². The lowest BCUT2D eigenvalue weighted by Crippen LogP contribution is -2.04. The van der Waals surface area contributed by atoms with Crippen molar-refractivity contribution in [2.75, 3.05) is 5.32 Å². The van der Waals surface area contributed by atoms with Gasteiger partial charge in [0.1, 0.15) is 5.82 Å². The van der Waals surface area contributed by atoms with E-state index in [1.54, 1.807) is 12.3 Å². The van der Waals surface area contributed by atoms with Crippen molar-refractivity contribution in [3.05, 3.63) is 59.9 Å². The quantitative estimate of drug-likeness (QED) is 0.712. The Bertz CT molecular complexity index is 952. The monoisotopic (exact) mass is 288 g/mol. The predicted molar refractivity (Wildman–Crippen MR) is 86.9 cm³/mol. The number of nitrogens with one attached hydrogen (secondary N) is 2. The van der Waals surface area contributed by atoms with Crippen molar-refractivity contribution in [1.29, 1.82) is 0 Å². The van der Waals surface area contributed by atoms with Gasteiger partial charge in [0.25, 0.3) is 5.91 Å². The third kappa shape index (κ3) is 1.83. The van der Waals surface area contributed by atoms with Crippen LogP contribution in [0.3, 0.4) is 0 Å². The topological polar surface area (TPSA) is 70.7 Å². The largest absolute Gasteiger partial charge is 0.306 e. The molecule has 106 valence electrons. The van der Waals surface area contributed by atoms with Crippen LogP contribution in [0.2, 0.25) is 0 Å². The molecule has 3 heterocycles. The second-order valence-electron chi connectivity index (χ2n) is 5.03. The molecule has 0 aliphatic carbocycles. The van der Waals surface area contributed by atoms with Gasteiger partial charge in [-0.1, -0.05) is 12.6 Å². The average Bonchev–Trinajstić information content (AvgIpc) is 3.08. The third-order valence-corrected chi connectivity index (χ3v) is 3.70. The minimum Gasteiger partial charge on any atom is -0.306 e. The Hall–Kier alpha value is -3.21. The molecule has 5 nitrogen and oxygen atoms in total. The highest BCUT2D eigenvalue weighted by Gasteiger charge is 2.24. The van der Waals surface area contributed by atoms with Gasteiger partial charge in [0.2, 0.25) is 0 Å². The van der Waals surface area contributed by atoms with E-state index in [-0.39, 0.29) is 5.91 Å². The summed E-state index contributed by atoms with van der Waals surface area (Å²) in [5, 5.41) is 10.9. The number of carbonyl (C=O) groups is 1. The molecule has 0 unspecified atom stereocenters. The SMILES string of the molecule is C=Cc1n[nH]c2cc(C=C3C(=O)Nc4ncccc43)ccc12. The molecule has 0 saturated carbocycles. The fourth-order valence-corrected chi connectivity index (χ4v) is 2.63. The van der Waals surface area contributed by atoms with Crippen LogP contribution >= 0.6 is 0 Å². The van der Waals surface area contributed by atoms with Gasteiger partial charge in [-0.3, -0.25) is 9.89 Å². The summed E-state index contributed by atoms with van der Waals surface area (Å²) in [7, 11) is 0. The molecule has 1 aliphatic heterocycles. The Balaban J connectivity index is 1.83. The second-order valence-corrected chi connectivity index (χ2v) is 5.03. The van der Waals surface area contributed by atoms with Gasteiger partial charge in [0, 0.05) is 17.1 Å². The van der Waals surface area contributed by atoms with Crippen molar-refractivity contribution in [3.63, 3.8) is 0 Å². The molecule has 0 atom stereocenters. The van der Waals surface area contributed by atoms with E-state index < -0.39 is 0 Å². The maximum Gasteiger partial charge on any atom is 0.257 e. The minimum atomic E-state index is -0.134. The molecule has 22 heavy (non-hydrogen) atoms. The lowest BCUT2D eigenvalue weighted by Gasteiger charge is -1.98. The summed E-state index contributed by atoms with van der Waals surface area (Å²) < 4.78 is 0. The summed E-state index contributed by atoms with van der Waals surface area (Å²) in [5.74, 6) is 0.473. The van der Waals surface area contributed by atoms with Crippen LogP contribution in [-0.4, -0.2) is 21.1 Å². The summed E-state index contributed by atoms with van der Waals surface area (Å²) in [6.07, 6.45) is 5.23. The van der Waals surface area contributed by atoms with E-state index in [4.69, 9.17) is 0 Å². The van der Waals surface area contributed by atoms with Crippen LogP contribution in [0, 0.1) is 0 Å². The molecule has 2 aromatic heterocycles.